The van der Waals surface area contributed by atoms with Gasteiger partial charge in [-0.1, -0.05) is 19.1 Å². The van der Waals surface area contributed by atoms with Crippen LogP contribution in [0.2, 0.25) is 0 Å². The Morgan fingerprint density at radius 3 is 2.14 bits per heavy atom. The van der Waals surface area contributed by atoms with Gasteiger partial charge in [0.15, 0.2) is 0 Å². The minimum atomic E-state index is 0.647. The van der Waals surface area contributed by atoms with Crippen LogP contribution in [0.1, 0.15) is 13.3 Å². The van der Waals surface area contributed by atoms with Gasteiger partial charge in [-0.15, -0.1) is 11.8 Å². The van der Waals surface area contributed by atoms with Gasteiger partial charge in [-0.2, -0.15) is 0 Å². The first kappa shape index (κ1) is 15.6. The summed E-state index contributed by atoms with van der Waals surface area (Å²) in [6.45, 7) is 3.48. The maximum Gasteiger partial charge on any atom is 0.119 e. The number of benzene rings is 2. The quantitative estimate of drug-likeness (QED) is 0.450. The molecule has 0 heterocycles. The van der Waals surface area contributed by atoms with E-state index in [0.29, 0.717) is 6.61 Å². The summed E-state index contributed by atoms with van der Waals surface area (Å²) in [6, 6.07) is 15.6. The summed E-state index contributed by atoms with van der Waals surface area (Å²) in [4.78, 5) is 1.10. The SMILES string of the molecule is CCCOc1ccc(OCCSc2ccccc2N)cc1. The molecule has 4 heteroatoms. The lowest BCUT2D eigenvalue weighted by Crippen LogP contribution is -2.01. The summed E-state index contributed by atoms with van der Waals surface area (Å²) in [5.74, 6) is 2.61. The molecule has 112 valence electrons. The second kappa shape index (κ2) is 8.47. The number of nitrogens with two attached hydrogens (primary N) is 1. The van der Waals surface area contributed by atoms with E-state index in [1.165, 1.54) is 0 Å². The average molecular weight is 303 g/mol. The van der Waals surface area contributed by atoms with Crippen LogP contribution in [0.25, 0.3) is 0 Å². The minimum absolute atomic E-state index is 0.647. The molecule has 2 aromatic carbocycles. The Morgan fingerprint density at radius 2 is 1.52 bits per heavy atom. The first-order valence-electron chi connectivity index (χ1n) is 7.12. The molecule has 0 aliphatic heterocycles. The van der Waals surface area contributed by atoms with E-state index in [1.54, 1.807) is 11.8 Å². The summed E-state index contributed by atoms with van der Waals surface area (Å²) in [7, 11) is 0. The molecule has 0 aromatic heterocycles. The number of hydrogen-bond acceptors (Lipinski definition) is 4. The molecule has 0 unspecified atom stereocenters. The van der Waals surface area contributed by atoms with Crippen molar-refractivity contribution in [1.29, 1.82) is 0 Å². The lowest BCUT2D eigenvalue weighted by Gasteiger charge is -2.09. The molecular weight excluding hydrogens is 282 g/mol. The number of nitrogen functional groups attached to an aromatic ring is 1. The van der Waals surface area contributed by atoms with E-state index >= 15 is 0 Å². The van der Waals surface area contributed by atoms with Crippen LogP contribution in [-0.4, -0.2) is 19.0 Å². The monoisotopic (exact) mass is 303 g/mol. The molecule has 0 aliphatic carbocycles. The second-order valence-corrected chi connectivity index (χ2v) is 5.69. The molecule has 0 aliphatic rings. The van der Waals surface area contributed by atoms with Gasteiger partial charge in [0.1, 0.15) is 11.5 Å². The van der Waals surface area contributed by atoms with Gasteiger partial charge in [0.2, 0.25) is 0 Å². The topological polar surface area (TPSA) is 44.5 Å². The molecule has 0 fully saturated rings. The van der Waals surface area contributed by atoms with Crippen LogP contribution in [0.4, 0.5) is 5.69 Å². The standard InChI is InChI=1S/C17H21NO2S/c1-2-11-19-14-7-9-15(10-8-14)20-12-13-21-17-6-4-3-5-16(17)18/h3-10H,2,11-13,18H2,1H3. The maximum atomic E-state index is 5.89. The lowest BCUT2D eigenvalue weighted by atomic mass is 10.3. The molecule has 3 nitrogen and oxygen atoms in total. The van der Waals surface area contributed by atoms with Gasteiger partial charge in [-0.3, -0.25) is 0 Å². The fourth-order valence-corrected chi connectivity index (χ4v) is 2.57. The normalized spacial score (nSPS) is 10.3. The maximum absolute atomic E-state index is 5.89. The molecule has 0 saturated carbocycles. The first-order valence-corrected chi connectivity index (χ1v) is 8.11. The number of hydrogen-bond donors (Lipinski definition) is 1. The highest BCUT2D eigenvalue weighted by atomic mass is 32.2. The van der Waals surface area contributed by atoms with Gasteiger partial charge in [0.05, 0.1) is 13.2 Å². The zero-order valence-corrected chi connectivity index (χ0v) is 13.1. The summed E-state index contributed by atoms with van der Waals surface area (Å²) in [6.07, 6.45) is 1.01. The van der Waals surface area contributed by atoms with Crippen LogP contribution in [0.15, 0.2) is 53.4 Å². The van der Waals surface area contributed by atoms with Crippen LogP contribution in [-0.2, 0) is 0 Å². The van der Waals surface area contributed by atoms with Crippen molar-refractivity contribution < 1.29 is 9.47 Å². The summed E-state index contributed by atoms with van der Waals surface area (Å²) in [5.41, 5.74) is 6.71. The highest BCUT2D eigenvalue weighted by molar-refractivity contribution is 7.99. The molecule has 0 spiro atoms. The Morgan fingerprint density at radius 1 is 0.905 bits per heavy atom. The van der Waals surface area contributed by atoms with E-state index in [2.05, 4.69) is 6.92 Å². The Bertz CT molecular complexity index is 543. The molecule has 2 rings (SSSR count). The molecule has 21 heavy (non-hydrogen) atoms. The molecule has 2 N–H and O–H groups in total. The van der Waals surface area contributed by atoms with Crippen molar-refractivity contribution in [2.45, 2.75) is 18.2 Å². The Kier molecular flexibility index (Phi) is 6.28. The number of anilines is 1. The largest absolute Gasteiger partial charge is 0.494 e. The van der Waals surface area contributed by atoms with Crippen LogP contribution in [0.5, 0.6) is 11.5 Å². The Labute approximate surface area is 130 Å². The van der Waals surface area contributed by atoms with Gasteiger partial charge in [0, 0.05) is 16.3 Å². The van der Waals surface area contributed by atoms with Crippen molar-refractivity contribution in [2.24, 2.45) is 0 Å². The highest BCUT2D eigenvalue weighted by Crippen LogP contribution is 2.24. The van der Waals surface area contributed by atoms with Gasteiger partial charge in [-0.25, -0.2) is 0 Å². The van der Waals surface area contributed by atoms with E-state index in [1.807, 2.05) is 48.5 Å². The highest BCUT2D eigenvalue weighted by Gasteiger charge is 2.00. The molecule has 0 amide bonds. The predicted molar refractivity (Wildman–Crippen MR) is 89.3 cm³/mol. The van der Waals surface area contributed by atoms with E-state index < -0.39 is 0 Å². The summed E-state index contributed by atoms with van der Waals surface area (Å²) in [5, 5.41) is 0. The van der Waals surface area contributed by atoms with Crippen molar-refractivity contribution >= 4 is 17.4 Å². The van der Waals surface area contributed by atoms with E-state index in [4.69, 9.17) is 15.2 Å². The van der Waals surface area contributed by atoms with Crippen molar-refractivity contribution in [3.63, 3.8) is 0 Å². The Balaban J connectivity index is 1.72. The molecule has 0 radical (unpaired) electrons. The van der Waals surface area contributed by atoms with Gasteiger partial charge < -0.3 is 15.2 Å². The third kappa shape index (κ3) is 5.23. The fraction of sp³-hybridized carbons (Fsp3) is 0.294. The molecule has 2 aromatic rings. The van der Waals surface area contributed by atoms with Gasteiger partial charge in [-0.05, 0) is 42.8 Å². The number of ether oxygens (including phenoxy) is 2. The third-order valence-electron chi connectivity index (χ3n) is 2.83. The van der Waals surface area contributed by atoms with Crippen molar-refractivity contribution in [3.05, 3.63) is 48.5 Å². The number of rotatable bonds is 8. The third-order valence-corrected chi connectivity index (χ3v) is 3.88. The molecule has 0 atom stereocenters. The van der Waals surface area contributed by atoms with Crippen LogP contribution in [0, 0.1) is 0 Å². The predicted octanol–water partition coefficient (Wildman–Crippen LogP) is 4.23. The number of thioether (sulfide) groups is 1. The molecule has 0 saturated heterocycles. The number of para-hydroxylation sites is 1. The lowest BCUT2D eigenvalue weighted by molar-refractivity contribution is 0.314. The van der Waals surface area contributed by atoms with Crippen LogP contribution < -0.4 is 15.2 Å². The summed E-state index contributed by atoms with van der Waals surface area (Å²) >= 11 is 1.71. The summed E-state index contributed by atoms with van der Waals surface area (Å²) < 4.78 is 11.2. The van der Waals surface area contributed by atoms with Gasteiger partial charge in [0.25, 0.3) is 0 Å². The van der Waals surface area contributed by atoms with Gasteiger partial charge >= 0.3 is 0 Å². The van der Waals surface area contributed by atoms with E-state index in [0.717, 1.165) is 40.9 Å². The van der Waals surface area contributed by atoms with Crippen molar-refractivity contribution in [2.75, 3.05) is 24.7 Å². The van der Waals surface area contributed by atoms with E-state index in [9.17, 15) is 0 Å². The second-order valence-electron chi connectivity index (χ2n) is 4.55. The zero-order chi connectivity index (χ0) is 14.9. The Hall–Kier alpha value is -1.81. The molecule has 0 bridgehead atoms. The minimum Gasteiger partial charge on any atom is -0.494 e. The molecular formula is C17H21NO2S. The zero-order valence-electron chi connectivity index (χ0n) is 12.2. The van der Waals surface area contributed by atoms with E-state index in [-0.39, 0.29) is 0 Å². The van der Waals surface area contributed by atoms with Crippen molar-refractivity contribution in [1.82, 2.24) is 0 Å². The van der Waals surface area contributed by atoms with Crippen LogP contribution >= 0.6 is 11.8 Å². The average Bonchev–Trinajstić information content (AvgIpc) is 2.52. The van der Waals surface area contributed by atoms with Crippen LogP contribution in [0.3, 0.4) is 0 Å². The first-order chi connectivity index (χ1) is 10.3. The fourth-order valence-electron chi connectivity index (χ4n) is 1.78. The van der Waals surface area contributed by atoms with Crippen molar-refractivity contribution in [3.8, 4) is 11.5 Å². The smallest absolute Gasteiger partial charge is 0.119 e.